The van der Waals surface area contributed by atoms with Gasteiger partial charge in [-0.2, -0.15) is 0 Å². The topological polar surface area (TPSA) is 20.3 Å². The number of ketones is 1. The predicted octanol–water partition coefficient (Wildman–Crippen LogP) is 3.91. The maximum absolute atomic E-state index is 13.1. The van der Waals surface area contributed by atoms with Crippen molar-refractivity contribution in [1.29, 1.82) is 0 Å². The molecule has 0 saturated heterocycles. The molecule has 1 atom stereocenters. The molecule has 0 aromatic heterocycles. The zero-order chi connectivity index (χ0) is 14.8. The highest BCUT2D eigenvalue weighted by Gasteiger charge is 2.28. The quantitative estimate of drug-likeness (QED) is 0.851. The summed E-state index contributed by atoms with van der Waals surface area (Å²) >= 11 is 0. The lowest BCUT2D eigenvalue weighted by Gasteiger charge is -2.38. The van der Waals surface area contributed by atoms with E-state index in [0.717, 1.165) is 18.7 Å². The molecule has 0 spiro atoms. The number of nitrogens with zero attached hydrogens (tertiary/aromatic N) is 1. The number of benzene rings is 2. The van der Waals surface area contributed by atoms with E-state index in [1.54, 1.807) is 19.1 Å². The Kier molecular flexibility index (Phi) is 3.74. The summed E-state index contributed by atoms with van der Waals surface area (Å²) in [6.07, 6.45) is 1.43. The number of anilines is 1. The van der Waals surface area contributed by atoms with Gasteiger partial charge in [0.1, 0.15) is 11.6 Å². The van der Waals surface area contributed by atoms with E-state index < -0.39 is 0 Å². The average molecular weight is 283 g/mol. The Morgan fingerprint density at radius 3 is 2.62 bits per heavy atom. The van der Waals surface area contributed by atoms with E-state index in [9.17, 15) is 9.18 Å². The van der Waals surface area contributed by atoms with Crippen molar-refractivity contribution < 1.29 is 9.18 Å². The minimum absolute atomic E-state index is 0.0397. The fourth-order valence-corrected chi connectivity index (χ4v) is 3.09. The first-order chi connectivity index (χ1) is 10.1. The molecule has 3 rings (SSSR count). The van der Waals surface area contributed by atoms with Crippen LogP contribution in [0.2, 0.25) is 0 Å². The Bertz CT molecular complexity index is 651. The van der Waals surface area contributed by atoms with Gasteiger partial charge >= 0.3 is 0 Å². The molecule has 0 bridgehead atoms. The van der Waals surface area contributed by atoms with Gasteiger partial charge in [-0.15, -0.1) is 0 Å². The molecule has 1 heterocycles. The van der Waals surface area contributed by atoms with Crippen LogP contribution in [-0.4, -0.2) is 12.3 Å². The van der Waals surface area contributed by atoms with Crippen LogP contribution in [0, 0.1) is 5.82 Å². The molecule has 1 aliphatic rings. The van der Waals surface area contributed by atoms with Crippen LogP contribution in [-0.2, 0) is 11.2 Å². The molecule has 2 aromatic rings. The van der Waals surface area contributed by atoms with Gasteiger partial charge in [-0.3, -0.25) is 4.79 Å². The van der Waals surface area contributed by atoms with E-state index in [1.807, 2.05) is 12.1 Å². The van der Waals surface area contributed by atoms with Crippen LogP contribution in [0.25, 0.3) is 0 Å². The number of fused-ring (bicyclic) bond motifs is 1. The van der Waals surface area contributed by atoms with E-state index in [4.69, 9.17) is 0 Å². The SMILES string of the molecule is CC(=O)CC1c2ccccc2CCN1c1ccc(F)cc1. The summed E-state index contributed by atoms with van der Waals surface area (Å²) in [5, 5.41) is 0. The van der Waals surface area contributed by atoms with Gasteiger partial charge in [0.05, 0.1) is 6.04 Å². The maximum Gasteiger partial charge on any atom is 0.132 e. The first-order valence-electron chi connectivity index (χ1n) is 7.24. The van der Waals surface area contributed by atoms with E-state index >= 15 is 0 Å². The highest BCUT2D eigenvalue weighted by atomic mass is 19.1. The second-order valence-electron chi connectivity index (χ2n) is 5.54. The third-order valence-electron chi connectivity index (χ3n) is 4.05. The number of carbonyl (C=O) groups excluding carboxylic acids is 1. The van der Waals surface area contributed by atoms with Gasteiger partial charge in [0.2, 0.25) is 0 Å². The summed E-state index contributed by atoms with van der Waals surface area (Å²) in [5.41, 5.74) is 3.49. The van der Waals surface area contributed by atoms with Gasteiger partial charge in [0.25, 0.3) is 0 Å². The molecule has 0 saturated carbocycles. The van der Waals surface area contributed by atoms with Crippen LogP contribution in [0.4, 0.5) is 10.1 Å². The van der Waals surface area contributed by atoms with E-state index in [-0.39, 0.29) is 17.6 Å². The zero-order valence-electron chi connectivity index (χ0n) is 12.1. The standard InChI is InChI=1S/C18H18FNO/c1-13(21)12-18-17-5-3-2-4-14(17)10-11-20(18)16-8-6-15(19)7-9-16/h2-9,18H,10-12H2,1H3. The van der Waals surface area contributed by atoms with Gasteiger partial charge in [0, 0.05) is 18.7 Å². The molecular formula is C18H18FNO. The highest BCUT2D eigenvalue weighted by Crippen LogP contribution is 2.35. The zero-order valence-corrected chi connectivity index (χ0v) is 12.1. The molecule has 2 nitrogen and oxygen atoms in total. The largest absolute Gasteiger partial charge is 0.364 e. The van der Waals surface area contributed by atoms with Crippen molar-refractivity contribution >= 4 is 11.5 Å². The molecule has 2 aromatic carbocycles. The van der Waals surface area contributed by atoms with Gasteiger partial charge in [0.15, 0.2) is 0 Å². The van der Waals surface area contributed by atoms with Crippen molar-refractivity contribution in [3.05, 3.63) is 65.5 Å². The molecule has 0 aliphatic carbocycles. The summed E-state index contributed by atoms with van der Waals surface area (Å²) in [4.78, 5) is 13.9. The number of rotatable bonds is 3. The van der Waals surface area contributed by atoms with E-state index in [0.29, 0.717) is 6.42 Å². The van der Waals surface area contributed by atoms with Gasteiger partial charge in [-0.05, 0) is 48.7 Å². The number of hydrogen-bond donors (Lipinski definition) is 0. The van der Waals surface area contributed by atoms with Crippen molar-refractivity contribution in [2.45, 2.75) is 25.8 Å². The lowest BCUT2D eigenvalue weighted by Crippen LogP contribution is -2.36. The second-order valence-corrected chi connectivity index (χ2v) is 5.54. The number of Topliss-reactive ketones (excluding diaryl/α,β-unsaturated/α-hetero) is 1. The van der Waals surface area contributed by atoms with Crippen LogP contribution in [0.5, 0.6) is 0 Å². The molecule has 21 heavy (non-hydrogen) atoms. The summed E-state index contributed by atoms with van der Waals surface area (Å²) in [5.74, 6) is -0.0666. The Labute approximate surface area is 124 Å². The Balaban J connectivity index is 2.00. The van der Waals surface area contributed by atoms with E-state index in [1.165, 1.54) is 23.3 Å². The Hall–Kier alpha value is -2.16. The third kappa shape index (κ3) is 2.82. The van der Waals surface area contributed by atoms with Crippen LogP contribution in [0.1, 0.15) is 30.5 Å². The fourth-order valence-electron chi connectivity index (χ4n) is 3.09. The first-order valence-corrected chi connectivity index (χ1v) is 7.24. The summed E-state index contributed by atoms with van der Waals surface area (Å²) in [6, 6.07) is 14.8. The molecule has 1 aliphatic heterocycles. The van der Waals surface area contributed by atoms with Gasteiger partial charge in [-0.25, -0.2) is 4.39 Å². The fraction of sp³-hybridized carbons (Fsp3) is 0.278. The van der Waals surface area contributed by atoms with Crippen molar-refractivity contribution in [3.8, 4) is 0 Å². The van der Waals surface area contributed by atoms with Crippen LogP contribution >= 0.6 is 0 Å². The number of carbonyl (C=O) groups is 1. The van der Waals surface area contributed by atoms with Crippen molar-refractivity contribution in [2.24, 2.45) is 0 Å². The van der Waals surface area contributed by atoms with E-state index in [2.05, 4.69) is 17.0 Å². The molecule has 108 valence electrons. The van der Waals surface area contributed by atoms with Crippen molar-refractivity contribution in [1.82, 2.24) is 0 Å². The minimum atomic E-state index is -0.237. The van der Waals surface area contributed by atoms with Gasteiger partial charge < -0.3 is 4.90 Å². The van der Waals surface area contributed by atoms with Crippen molar-refractivity contribution in [2.75, 3.05) is 11.4 Å². The lowest BCUT2D eigenvalue weighted by atomic mass is 9.89. The summed E-state index contributed by atoms with van der Waals surface area (Å²) in [7, 11) is 0. The molecule has 0 amide bonds. The lowest BCUT2D eigenvalue weighted by molar-refractivity contribution is -0.117. The van der Waals surface area contributed by atoms with Crippen LogP contribution in [0.3, 0.4) is 0 Å². The maximum atomic E-state index is 13.1. The smallest absolute Gasteiger partial charge is 0.132 e. The molecular weight excluding hydrogens is 265 g/mol. The van der Waals surface area contributed by atoms with Gasteiger partial charge in [-0.1, -0.05) is 24.3 Å². The second kappa shape index (κ2) is 5.68. The Morgan fingerprint density at radius 2 is 1.90 bits per heavy atom. The first kappa shape index (κ1) is 13.8. The van der Waals surface area contributed by atoms with Crippen LogP contribution < -0.4 is 4.90 Å². The normalized spacial score (nSPS) is 17.4. The monoisotopic (exact) mass is 283 g/mol. The summed E-state index contributed by atoms with van der Waals surface area (Å²) in [6.45, 7) is 2.47. The third-order valence-corrected chi connectivity index (χ3v) is 4.05. The molecule has 0 radical (unpaired) electrons. The molecule has 3 heteroatoms. The Morgan fingerprint density at radius 1 is 1.19 bits per heavy atom. The highest BCUT2D eigenvalue weighted by molar-refractivity contribution is 5.77. The van der Waals surface area contributed by atoms with Crippen LogP contribution in [0.15, 0.2) is 48.5 Å². The molecule has 1 unspecified atom stereocenters. The number of hydrogen-bond acceptors (Lipinski definition) is 2. The predicted molar refractivity (Wildman–Crippen MR) is 81.9 cm³/mol. The number of halogens is 1. The minimum Gasteiger partial charge on any atom is -0.364 e. The van der Waals surface area contributed by atoms with Crippen molar-refractivity contribution in [3.63, 3.8) is 0 Å². The average Bonchev–Trinajstić information content (AvgIpc) is 2.48. The summed E-state index contributed by atoms with van der Waals surface area (Å²) < 4.78 is 13.1. The molecule has 0 N–H and O–H groups in total. The molecule has 0 fully saturated rings.